The summed E-state index contributed by atoms with van der Waals surface area (Å²) < 4.78 is 10.1. The fourth-order valence-corrected chi connectivity index (χ4v) is 1.57. The van der Waals surface area contributed by atoms with E-state index in [2.05, 4.69) is 0 Å². The molecule has 0 aliphatic heterocycles. The van der Waals surface area contributed by atoms with E-state index in [1.165, 1.54) is 14.2 Å². The molecule has 0 aromatic rings. The van der Waals surface area contributed by atoms with Gasteiger partial charge in [-0.3, -0.25) is 4.79 Å². The Balaban J connectivity index is 2.88. The van der Waals surface area contributed by atoms with Crippen molar-refractivity contribution in [1.82, 2.24) is 0 Å². The number of Topliss-reactive ketones (excluding diaryl/α,β-unsaturated/α-hetero) is 1. The van der Waals surface area contributed by atoms with E-state index in [1.807, 2.05) is 0 Å². The zero-order valence-corrected chi connectivity index (χ0v) is 7.20. The lowest BCUT2D eigenvalue weighted by atomic mass is 10.0. The number of methoxy groups -OCH3 is 2. The molecule has 0 radical (unpaired) electrons. The third-order valence-electron chi connectivity index (χ3n) is 2.37. The fraction of sp³-hybridized carbons (Fsp3) is 0.750. The van der Waals surface area contributed by atoms with Gasteiger partial charge in [0, 0.05) is 27.1 Å². The number of ketones is 1. The van der Waals surface area contributed by atoms with Crippen LogP contribution in [0.2, 0.25) is 0 Å². The van der Waals surface area contributed by atoms with Gasteiger partial charge in [0.05, 0.1) is 0 Å². The predicted octanol–water partition coefficient (Wildman–Crippen LogP) is 0.153. The van der Waals surface area contributed by atoms with Crippen LogP contribution in [0.25, 0.3) is 0 Å². The summed E-state index contributed by atoms with van der Waals surface area (Å²) >= 11 is 0. The van der Waals surface area contributed by atoms with E-state index in [0.29, 0.717) is 19.1 Å². The third kappa shape index (κ3) is 1.17. The van der Waals surface area contributed by atoms with Crippen molar-refractivity contribution in [1.29, 1.82) is 0 Å². The average Bonchev–Trinajstić information content (AvgIpc) is 2.43. The highest BCUT2D eigenvalue weighted by Gasteiger charge is 2.49. The molecule has 68 valence electrons. The molecule has 0 aromatic heterocycles. The normalized spacial score (nSPS) is 27.5. The number of hydrogen-bond donors (Lipinski definition) is 0. The van der Waals surface area contributed by atoms with Crippen LogP contribution in [-0.4, -0.2) is 32.1 Å². The van der Waals surface area contributed by atoms with Crippen molar-refractivity contribution >= 4 is 12.1 Å². The van der Waals surface area contributed by atoms with E-state index < -0.39 is 11.7 Å². The molecule has 0 amide bonds. The van der Waals surface area contributed by atoms with Gasteiger partial charge >= 0.3 is 0 Å². The maximum absolute atomic E-state index is 11.1. The summed E-state index contributed by atoms with van der Waals surface area (Å²) in [6.07, 6.45) is 1.41. The Morgan fingerprint density at radius 3 is 2.42 bits per heavy atom. The summed E-state index contributed by atoms with van der Waals surface area (Å²) in [5.41, 5.74) is 0. The monoisotopic (exact) mass is 172 g/mol. The molecular formula is C8H12O4. The van der Waals surface area contributed by atoms with Crippen LogP contribution in [0.15, 0.2) is 0 Å². The SMILES string of the molecule is COC1(OC)CCC(=O)C1C=O. The first-order chi connectivity index (χ1) is 5.70. The Morgan fingerprint density at radius 1 is 1.50 bits per heavy atom. The van der Waals surface area contributed by atoms with Crippen molar-refractivity contribution in [3.05, 3.63) is 0 Å². The summed E-state index contributed by atoms with van der Waals surface area (Å²) in [6.45, 7) is 0. The number of carbonyl (C=O) groups excluding carboxylic acids is 2. The lowest BCUT2D eigenvalue weighted by Crippen LogP contribution is -2.40. The molecule has 1 rings (SSSR count). The van der Waals surface area contributed by atoms with E-state index in [1.54, 1.807) is 0 Å². The molecular weight excluding hydrogens is 160 g/mol. The summed E-state index contributed by atoms with van der Waals surface area (Å²) in [7, 11) is 2.89. The lowest BCUT2D eigenvalue weighted by molar-refractivity contribution is -0.220. The van der Waals surface area contributed by atoms with Crippen molar-refractivity contribution in [2.45, 2.75) is 18.6 Å². The molecule has 1 unspecified atom stereocenters. The second-order valence-corrected chi connectivity index (χ2v) is 2.80. The highest BCUT2D eigenvalue weighted by Crippen LogP contribution is 2.35. The van der Waals surface area contributed by atoms with Crippen LogP contribution in [-0.2, 0) is 19.1 Å². The van der Waals surface area contributed by atoms with Crippen molar-refractivity contribution < 1.29 is 19.1 Å². The maximum atomic E-state index is 11.1. The first-order valence-electron chi connectivity index (χ1n) is 3.78. The summed E-state index contributed by atoms with van der Waals surface area (Å²) in [4.78, 5) is 21.7. The minimum absolute atomic E-state index is 0.103. The second-order valence-electron chi connectivity index (χ2n) is 2.80. The quantitative estimate of drug-likeness (QED) is 0.345. The molecule has 0 N–H and O–H groups in total. The zero-order valence-electron chi connectivity index (χ0n) is 7.20. The molecule has 1 aliphatic rings. The first-order valence-corrected chi connectivity index (χ1v) is 3.78. The van der Waals surface area contributed by atoms with Gasteiger partial charge in [0.25, 0.3) is 0 Å². The highest BCUT2D eigenvalue weighted by molar-refractivity contribution is 5.96. The van der Waals surface area contributed by atoms with Gasteiger partial charge in [-0.25, -0.2) is 0 Å². The number of aldehydes is 1. The van der Waals surface area contributed by atoms with Crippen LogP contribution in [0.4, 0.5) is 0 Å². The van der Waals surface area contributed by atoms with Crippen LogP contribution in [0.5, 0.6) is 0 Å². The number of rotatable bonds is 3. The van der Waals surface area contributed by atoms with Crippen LogP contribution >= 0.6 is 0 Å². The molecule has 4 heteroatoms. The van der Waals surface area contributed by atoms with Gasteiger partial charge in [-0.1, -0.05) is 0 Å². The molecule has 4 nitrogen and oxygen atoms in total. The van der Waals surface area contributed by atoms with Crippen molar-refractivity contribution in [2.24, 2.45) is 5.92 Å². The van der Waals surface area contributed by atoms with E-state index in [0.717, 1.165) is 0 Å². The van der Waals surface area contributed by atoms with Gasteiger partial charge in [0.1, 0.15) is 18.0 Å². The van der Waals surface area contributed by atoms with Crippen LogP contribution in [0.3, 0.4) is 0 Å². The fourth-order valence-electron chi connectivity index (χ4n) is 1.57. The highest BCUT2D eigenvalue weighted by atomic mass is 16.7. The number of hydrogen-bond acceptors (Lipinski definition) is 4. The van der Waals surface area contributed by atoms with Crippen molar-refractivity contribution in [2.75, 3.05) is 14.2 Å². The predicted molar refractivity (Wildman–Crippen MR) is 40.5 cm³/mol. The maximum Gasteiger partial charge on any atom is 0.184 e. The second kappa shape index (κ2) is 3.33. The van der Waals surface area contributed by atoms with Crippen molar-refractivity contribution in [3.63, 3.8) is 0 Å². The number of ether oxygens (including phenoxy) is 2. The molecule has 0 spiro atoms. The van der Waals surface area contributed by atoms with Gasteiger partial charge < -0.3 is 14.3 Å². The topological polar surface area (TPSA) is 52.6 Å². The molecule has 0 aromatic carbocycles. The van der Waals surface area contributed by atoms with Gasteiger partial charge in [0.2, 0.25) is 0 Å². The van der Waals surface area contributed by atoms with Crippen molar-refractivity contribution in [3.8, 4) is 0 Å². The van der Waals surface area contributed by atoms with Gasteiger partial charge in [-0.05, 0) is 0 Å². The Bertz CT molecular complexity index is 195. The van der Waals surface area contributed by atoms with Crippen LogP contribution in [0.1, 0.15) is 12.8 Å². The summed E-state index contributed by atoms with van der Waals surface area (Å²) in [5.74, 6) is -1.86. The van der Waals surface area contributed by atoms with E-state index in [-0.39, 0.29) is 5.78 Å². The van der Waals surface area contributed by atoms with Crippen LogP contribution < -0.4 is 0 Å². The third-order valence-corrected chi connectivity index (χ3v) is 2.37. The molecule has 0 bridgehead atoms. The van der Waals surface area contributed by atoms with Gasteiger partial charge in [0.15, 0.2) is 5.79 Å². The van der Waals surface area contributed by atoms with Crippen LogP contribution in [0, 0.1) is 5.92 Å². The standard InChI is InChI=1S/C8H12O4/c1-11-8(12-2)4-3-7(10)6(8)5-9/h5-6H,3-4H2,1-2H3. The first kappa shape index (κ1) is 9.35. The molecule has 0 heterocycles. The van der Waals surface area contributed by atoms with E-state index in [9.17, 15) is 9.59 Å². The molecule has 12 heavy (non-hydrogen) atoms. The Morgan fingerprint density at radius 2 is 2.08 bits per heavy atom. The van der Waals surface area contributed by atoms with Gasteiger partial charge in [-0.15, -0.1) is 0 Å². The largest absolute Gasteiger partial charge is 0.352 e. The van der Waals surface area contributed by atoms with Gasteiger partial charge in [-0.2, -0.15) is 0 Å². The van der Waals surface area contributed by atoms with E-state index in [4.69, 9.17) is 9.47 Å². The Hall–Kier alpha value is -0.740. The number of carbonyl (C=O) groups is 2. The molecule has 1 saturated carbocycles. The summed E-state index contributed by atoms with van der Waals surface area (Å²) in [6, 6.07) is 0. The minimum Gasteiger partial charge on any atom is -0.352 e. The lowest BCUT2D eigenvalue weighted by Gasteiger charge is -2.28. The zero-order chi connectivity index (χ0) is 9.19. The Kier molecular flexibility index (Phi) is 2.59. The van der Waals surface area contributed by atoms with E-state index >= 15 is 0 Å². The Labute approximate surface area is 70.8 Å². The average molecular weight is 172 g/mol. The molecule has 0 saturated heterocycles. The molecule has 1 atom stereocenters. The smallest absolute Gasteiger partial charge is 0.184 e. The minimum atomic E-state index is -1.00. The molecule has 1 aliphatic carbocycles. The summed E-state index contributed by atoms with van der Waals surface area (Å²) in [5, 5.41) is 0. The molecule has 1 fully saturated rings.